The number of hydrogen-bond donors (Lipinski definition) is 0. The van der Waals surface area contributed by atoms with Gasteiger partial charge < -0.3 is 4.90 Å². The Morgan fingerprint density at radius 1 is 1.12 bits per heavy atom. The molecule has 1 aliphatic rings. The van der Waals surface area contributed by atoms with E-state index < -0.39 is 11.7 Å². The van der Waals surface area contributed by atoms with Crippen LogP contribution in [0, 0.1) is 0 Å². The molecule has 1 aliphatic heterocycles. The van der Waals surface area contributed by atoms with Crippen LogP contribution in [0.5, 0.6) is 0 Å². The van der Waals surface area contributed by atoms with Gasteiger partial charge in [0, 0.05) is 23.7 Å². The van der Waals surface area contributed by atoms with Crippen LogP contribution >= 0.6 is 23.8 Å². The maximum absolute atomic E-state index is 15.6. The lowest BCUT2D eigenvalue weighted by molar-refractivity contribution is 0.0332. The van der Waals surface area contributed by atoms with Gasteiger partial charge in [-0.1, -0.05) is 65.3 Å². The largest absolute Gasteiger partial charge is 0.352 e. The summed E-state index contributed by atoms with van der Waals surface area (Å²) < 4.78 is 32.6. The monoisotopic (exact) mass is 497 g/mol. The molecule has 172 valence electrons. The van der Waals surface area contributed by atoms with Crippen molar-refractivity contribution in [3.8, 4) is 0 Å². The van der Waals surface area contributed by atoms with E-state index in [1.54, 1.807) is 24.3 Å². The predicted molar refractivity (Wildman–Crippen MR) is 129 cm³/mol. The first-order chi connectivity index (χ1) is 16.5. The van der Waals surface area contributed by atoms with Crippen molar-refractivity contribution in [2.24, 2.45) is 4.99 Å². The second kappa shape index (κ2) is 9.13. The molecule has 2 aromatic heterocycles. The SMILES string of the molecule is FC(F)(c1ccccc1)c1nc(N2CC[C@H](N=C=S)C2)c2nnn(Cc3ccccc3Cl)c2n1. The summed E-state index contributed by atoms with van der Waals surface area (Å²) in [6, 6.07) is 14.7. The Labute approximate surface area is 204 Å². The molecular weight excluding hydrogens is 480 g/mol. The summed E-state index contributed by atoms with van der Waals surface area (Å²) in [4.78, 5) is 14.6. The Bertz CT molecular complexity index is 1390. The first-order valence-electron chi connectivity index (χ1n) is 10.6. The molecule has 1 atom stereocenters. The number of benzene rings is 2. The Kier molecular flexibility index (Phi) is 6.03. The molecule has 1 fully saturated rings. The highest BCUT2D eigenvalue weighted by Gasteiger charge is 2.39. The van der Waals surface area contributed by atoms with E-state index in [1.165, 1.54) is 16.8 Å². The zero-order valence-corrected chi connectivity index (χ0v) is 19.3. The van der Waals surface area contributed by atoms with Gasteiger partial charge in [-0.15, -0.1) is 5.10 Å². The molecule has 0 spiro atoms. The minimum absolute atomic E-state index is 0.0845. The van der Waals surface area contributed by atoms with E-state index in [4.69, 9.17) is 23.8 Å². The number of halogens is 3. The van der Waals surface area contributed by atoms with Crippen molar-refractivity contribution >= 4 is 46.0 Å². The maximum atomic E-state index is 15.6. The van der Waals surface area contributed by atoms with Gasteiger partial charge in [-0.25, -0.2) is 19.6 Å². The van der Waals surface area contributed by atoms with Gasteiger partial charge in [0.15, 0.2) is 17.0 Å². The fourth-order valence-corrected chi connectivity index (χ4v) is 4.33. The molecule has 3 heterocycles. The van der Waals surface area contributed by atoms with Crippen LogP contribution in [-0.2, 0) is 12.5 Å². The van der Waals surface area contributed by atoms with Gasteiger partial charge in [0.1, 0.15) is 0 Å². The number of thiocarbonyl (C=S) groups is 1. The second-order valence-electron chi connectivity index (χ2n) is 7.93. The number of rotatable bonds is 6. The molecule has 0 bridgehead atoms. The molecule has 0 unspecified atom stereocenters. The molecule has 1 saturated heterocycles. The normalized spacial score (nSPS) is 16.1. The van der Waals surface area contributed by atoms with Gasteiger partial charge in [-0.3, -0.25) is 0 Å². The third-order valence-corrected chi connectivity index (χ3v) is 6.21. The third kappa shape index (κ3) is 4.16. The number of alkyl halides is 2. The van der Waals surface area contributed by atoms with Crippen molar-refractivity contribution in [2.45, 2.75) is 24.9 Å². The minimum atomic E-state index is -3.42. The molecule has 11 heteroatoms. The fraction of sp³-hybridized carbons (Fsp3) is 0.261. The second-order valence-corrected chi connectivity index (χ2v) is 8.52. The molecule has 0 aliphatic carbocycles. The van der Waals surface area contributed by atoms with Crippen molar-refractivity contribution < 1.29 is 8.78 Å². The van der Waals surface area contributed by atoms with Gasteiger partial charge in [-0.05, 0) is 30.3 Å². The highest BCUT2D eigenvalue weighted by Crippen LogP contribution is 2.36. The van der Waals surface area contributed by atoms with E-state index in [1.807, 2.05) is 23.1 Å². The van der Waals surface area contributed by atoms with Crippen LogP contribution in [0.15, 0.2) is 59.6 Å². The molecule has 34 heavy (non-hydrogen) atoms. The highest BCUT2D eigenvalue weighted by molar-refractivity contribution is 7.78. The summed E-state index contributed by atoms with van der Waals surface area (Å²) in [7, 11) is 0. The number of hydrogen-bond acceptors (Lipinski definition) is 7. The zero-order valence-electron chi connectivity index (χ0n) is 17.8. The number of isothiocyanates is 1. The van der Waals surface area contributed by atoms with Gasteiger partial charge in [0.05, 0.1) is 17.7 Å². The Morgan fingerprint density at radius 3 is 2.65 bits per heavy atom. The smallest absolute Gasteiger partial charge is 0.331 e. The van der Waals surface area contributed by atoms with E-state index in [0.29, 0.717) is 35.9 Å². The summed E-state index contributed by atoms with van der Waals surface area (Å²) >= 11 is 11.0. The first-order valence-corrected chi connectivity index (χ1v) is 11.4. The van der Waals surface area contributed by atoms with Gasteiger partial charge in [0.25, 0.3) is 0 Å². The fourth-order valence-electron chi connectivity index (χ4n) is 3.99. The molecule has 0 saturated carbocycles. The van der Waals surface area contributed by atoms with E-state index in [2.05, 4.69) is 30.4 Å². The number of aliphatic imine (C=N–C) groups is 1. The van der Waals surface area contributed by atoms with Crippen molar-refractivity contribution in [2.75, 3.05) is 18.0 Å². The lowest BCUT2D eigenvalue weighted by Crippen LogP contribution is -2.26. The molecule has 5 rings (SSSR count). The molecule has 0 amide bonds. The zero-order chi connectivity index (χ0) is 23.7. The van der Waals surface area contributed by atoms with Crippen molar-refractivity contribution in [1.29, 1.82) is 0 Å². The predicted octanol–water partition coefficient (Wildman–Crippen LogP) is 4.74. The van der Waals surface area contributed by atoms with Crippen LogP contribution < -0.4 is 4.90 Å². The summed E-state index contributed by atoms with van der Waals surface area (Å²) in [5, 5.41) is 11.4. The van der Waals surface area contributed by atoms with Crippen molar-refractivity contribution in [3.63, 3.8) is 0 Å². The molecule has 7 nitrogen and oxygen atoms in total. The topological polar surface area (TPSA) is 72.1 Å². The number of nitrogens with zero attached hydrogens (tertiary/aromatic N) is 7. The van der Waals surface area contributed by atoms with Gasteiger partial charge in [0.2, 0.25) is 5.82 Å². The standard InChI is InChI=1S/C23H18ClF2N7S/c24-18-9-5-4-6-15(18)12-33-21-19(30-31-33)20(32-11-10-17(13-32)27-14-34)28-22(29-21)23(25,26)16-7-2-1-3-8-16/h1-9,17H,10-13H2/t17-/m0/s1. The van der Waals surface area contributed by atoms with E-state index in [9.17, 15) is 0 Å². The minimum Gasteiger partial charge on any atom is -0.352 e. The molecule has 4 aromatic rings. The lowest BCUT2D eigenvalue weighted by Gasteiger charge is -2.20. The quantitative estimate of drug-likeness (QED) is 0.283. The van der Waals surface area contributed by atoms with Gasteiger partial charge >= 0.3 is 5.92 Å². The van der Waals surface area contributed by atoms with Crippen molar-refractivity contribution in [1.82, 2.24) is 25.0 Å². The van der Waals surface area contributed by atoms with E-state index in [0.717, 1.165) is 5.56 Å². The average molecular weight is 498 g/mol. The van der Waals surface area contributed by atoms with Crippen LogP contribution in [0.4, 0.5) is 14.6 Å². The Hall–Kier alpha value is -3.33. The van der Waals surface area contributed by atoms with Crippen LogP contribution in [0.2, 0.25) is 5.02 Å². The molecule has 2 aromatic carbocycles. The summed E-state index contributed by atoms with van der Waals surface area (Å²) in [6.07, 6.45) is 0.702. The molecule has 0 N–H and O–H groups in total. The number of anilines is 1. The van der Waals surface area contributed by atoms with Crippen molar-refractivity contribution in [3.05, 3.63) is 76.6 Å². The maximum Gasteiger partial charge on any atom is 0.331 e. The van der Waals surface area contributed by atoms with Gasteiger partial charge in [-0.2, -0.15) is 8.78 Å². The molecular formula is C23H18ClF2N7S. The summed E-state index contributed by atoms with van der Waals surface area (Å²) in [5.74, 6) is -3.75. The summed E-state index contributed by atoms with van der Waals surface area (Å²) in [6.45, 7) is 1.25. The third-order valence-electron chi connectivity index (χ3n) is 5.74. The van der Waals surface area contributed by atoms with Crippen LogP contribution in [0.1, 0.15) is 23.4 Å². The average Bonchev–Trinajstić information content (AvgIpc) is 3.48. The Morgan fingerprint density at radius 2 is 1.88 bits per heavy atom. The van der Waals surface area contributed by atoms with Crippen LogP contribution in [-0.4, -0.2) is 49.3 Å². The summed E-state index contributed by atoms with van der Waals surface area (Å²) in [5.41, 5.74) is 1.11. The lowest BCUT2D eigenvalue weighted by atomic mass is 10.1. The Balaban J connectivity index is 1.65. The number of aromatic nitrogens is 5. The first kappa shape index (κ1) is 22.5. The highest BCUT2D eigenvalue weighted by atomic mass is 35.5. The van der Waals surface area contributed by atoms with E-state index >= 15 is 8.78 Å². The van der Waals surface area contributed by atoms with Crippen LogP contribution in [0.25, 0.3) is 11.2 Å². The molecule has 0 radical (unpaired) electrons. The van der Waals surface area contributed by atoms with Crippen LogP contribution in [0.3, 0.4) is 0 Å². The van der Waals surface area contributed by atoms with E-state index in [-0.39, 0.29) is 23.8 Å². The number of fused-ring (bicyclic) bond motifs is 1.